The smallest absolute Gasteiger partial charge is 0.252 e. The molecule has 2 amide bonds. The van der Waals surface area contributed by atoms with Crippen LogP contribution in [0.15, 0.2) is 53.4 Å². The molecule has 0 heterocycles. The normalized spacial score (nSPS) is 11.3. The highest BCUT2D eigenvalue weighted by Crippen LogP contribution is 2.18. The Morgan fingerprint density at radius 2 is 1.64 bits per heavy atom. The number of nitrogens with one attached hydrogen (secondary N) is 2. The molecule has 150 valence electrons. The Labute approximate surface area is 166 Å². The minimum absolute atomic E-state index is 0.000846. The fourth-order valence-corrected chi connectivity index (χ4v) is 4.11. The molecule has 0 bridgehead atoms. The molecule has 2 aromatic rings. The van der Waals surface area contributed by atoms with Crippen molar-refractivity contribution in [3.8, 4) is 0 Å². The summed E-state index contributed by atoms with van der Waals surface area (Å²) in [5.41, 5.74) is 1.67. The Kier molecular flexibility index (Phi) is 7.34. The van der Waals surface area contributed by atoms with Gasteiger partial charge in [-0.2, -0.15) is 0 Å². The maximum atomic E-state index is 12.5. The average Bonchev–Trinajstić information content (AvgIpc) is 2.67. The Morgan fingerprint density at radius 3 is 2.25 bits per heavy atom. The molecule has 2 aromatic carbocycles. The first-order chi connectivity index (χ1) is 13.2. The second kappa shape index (κ2) is 9.50. The van der Waals surface area contributed by atoms with E-state index in [0.29, 0.717) is 12.1 Å². The molecule has 2 rings (SSSR count). The van der Waals surface area contributed by atoms with E-state index in [1.807, 2.05) is 13.8 Å². The molecule has 0 spiro atoms. The molecule has 0 saturated heterocycles. The third-order valence-corrected chi connectivity index (χ3v) is 6.11. The fraction of sp³-hybridized carbons (Fsp3) is 0.333. The van der Waals surface area contributed by atoms with Crippen molar-refractivity contribution in [2.75, 3.05) is 11.1 Å². The molecule has 0 radical (unpaired) electrons. The average molecular weight is 403 g/mol. The standard InChI is InChI=1S/C21H26N2O4S/c1-4-13-28(26,27)19-8-6-5-7-18(19)21(25)22-14-16-9-11-17(12-10-16)23-20(24)15(2)3/h5-12,15H,4,13-14H2,1-3H3,(H,22,25)(H,23,24). The molecule has 0 aliphatic heterocycles. The highest BCUT2D eigenvalue weighted by molar-refractivity contribution is 7.91. The number of sulfone groups is 1. The molecular weight excluding hydrogens is 376 g/mol. The largest absolute Gasteiger partial charge is 0.348 e. The summed E-state index contributed by atoms with van der Waals surface area (Å²) >= 11 is 0. The van der Waals surface area contributed by atoms with E-state index in [9.17, 15) is 18.0 Å². The van der Waals surface area contributed by atoms with E-state index < -0.39 is 15.7 Å². The number of amides is 2. The van der Waals surface area contributed by atoms with Gasteiger partial charge < -0.3 is 10.6 Å². The lowest BCUT2D eigenvalue weighted by atomic mass is 10.1. The molecular formula is C21H26N2O4S. The first-order valence-electron chi connectivity index (χ1n) is 9.24. The molecule has 0 atom stereocenters. The highest BCUT2D eigenvalue weighted by Gasteiger charge is 2.21. The van der Waals surface area contributed by atoms with Gasteiger partial charge >= 0.3 is 0 Å². The van der Waals surface area contributed by atoms with E-state index >= 15 is 0 Å². The number of hydrogen-bond donors (Lipinski definition) is 2. The van der Waals surface area contributed by atoms with Gasteiger partial charge in [-0.15, -0.1) is 0 Å². The lowest BCUT2D eigenvalue weighted by Gasteiger charge is -2.11. The van der Waals surface area contributed by atoms with Crippen molar-refractivity contribution in [1.29, 1.82) is 0 Å². The summed E-state index contributed by atoms with van der Waals surface area (Å²) in [5.74, 6) is -0.609. The predicted molar refractivity (Wildman–Crippen MR) is 110 cm³/mol. The molecule has 7 heteroatoms. The summed E-state index contributed by atoms with van der Waals surface area (Å²) in [6, 6.07) is 13.4. The zero-order valence-electron chi connectivity index (χ0n) is 16.4. The molecule has 0 saturated carbocycles. The maximum absolute atomic E-state index is 12.5. The van der Waals surface area contributed by atoms with Crippen molar-refractivity contribution in [3.63, 3.8) is 0 Å². The minimum Gasteiger partial charge on any atom is -0.348 e. The van der Waals surface area contributed by atoms with Crippen LogP contribution in [-0.4, -0.2) is 26.0 Å². The molecule has 2 N–H and O–H groups in total. The van der Waals surface area contributed by atoms with Crippen LogP contribution >= 0.6 is 0 Å². The number of hydrogen-bond acceptors (Lipinski definition) is 4. The summed E-state index contributed by atoms with van der Waals surface area (Å²) < 4.78 is 24.8. The second-order valence-corrected chi connectivity index (χ2v) is 8.92. The van der Waals surface area contributed by atoms with Gasteiger partial charge in [-0.1, -0.05) is 45.0 Å². The topological polar surface area (TPSA) is 92.3 Å². The summed E-state index contributed by atoms with van der Waals surface area (Å²) in [6.07, 6.45) is 0.484. The van der Waals surface area contributed by atoms with E-state index in [1.54, 1.807) is 43.3 Å². The van der Waals surface area contributed by atoms with Crippen molar-refractivity contribution in [3.05, 3.63) is 59.7 Å². The zero-order valence-corrected chi connectivity index (χ0v) is 17.2. The molecule has 0 unspecified atom stereocenters. The summed E-state index contributed by atoms with van der Waals surface area (Å²) in [6.45, 7) is 5.67. The molecule has 0 fully saturated rings. The van der Waals surface area contributed by atoms with Gasteiger partial charge in [0.1, 0.15) is 0 Å². The van der Waals surface area contributed by atoms with Gasteiger partial charge in [-0.3, -0.25) is 9.59 Å². The number of rotatable bonds is 8. The van der Waals surface area contributed by atoms with Crippen LogP contribution in [0.25, 0.3) is 0 Å². The van der Waals surface area contributed by atoms with Gasteiger partial charge in [0, 0.05) is 18.2 Å². The molecule has 0 aromatic heterocycles. The van der Waals surface area contributed by atoms with Gasteiger partial charge in [0.25, 0.3) is 5.91 Å². The Balaban J connectivity index is 2.06. The van der Waals surface area contributed by atoms with Crippen LogP contribution in [0.5, 0.6) is 0 Å². The number of carbonyl (C=O) groups is 2. The van der Waals surface area contributed by atoms with Gasteiger partial charge in [0.15, 0.2) is 9.84 Å². The molecule has 0 aliphatic rings. The van der Waals surface area contributed by atoms with Crippen molar-refractivity contribution in [2.45, 2.75) is 38.6 Å². The van der Waals surface area contributed by atoms with Crippen molar-refractivity contribution in [1.82, 2.24) is 5.32 Å². The first-order valence-corrected chi connectivity index (χ1v) is 10.9. The number of benzene rings is 2. The maximum Gasteiger partial charge on any atom is 0.252 e. The van der Waals surface area contributed by atoms with Crippen LogP contribution in [0.4, 0.5) is 5.69 Å². The third-order valence-electron chi connectivity index (χ3n) is 4.14. The predicted octanol–water partition coefficient (Wildman–Crippen LogP) is 3.39. The van der Waals surface area contributed by atoms with Crippen LogP contribution in [0.3, 0.4) is 0 Å². The highest BCUT2D eigenvalue weighted by atomic mass is 32.2. The minimum atomic E-state index is -3.49. The quantitative estimate of drug-likeness (QED) is 0.708. The number of carbonyl (C=O) groups excluding carboxylic acids is 2. The summed E-state index contributed by atoms with van der Waals surface area (Å²) in [4.78, 5) is 24.3. The van der Waals surface area contributed by atoms with E-state index in [0.717, 1.165) is 5.56 Å². The SMILES string of the molecule is CCCS(=O)(=O)c1ccccc1C(=O)NCc1ccc(NC(=O)C(C)C)cc1. The van der Waals surface area contributed by atoms with Gasteiger partial charge in [-0.25, -0.2) is 8.42 Å². The zero-order chi connectivity index (χ0) is 20.7. The second-order valence-electron chi connectivity index (χ2n) is 6.84. The van der Waals surface area contributed by atoms with Gasteiger partial charge in [-0.05, 0) is 36.2 Å². The van der Waals surface area contributed by atoms with Gasteiger partial charge in [0.05, 0.1) is 16.2 Å². The number of anilines is 1. The van der Waals surface area contributed by atoms with Crippen LogP contribution in [0, 0.1) is 5.92 Å². The van der Waals surface area contributed by atoms with Crippen LogP contribution in [0.1, 0.15) is 43.1 Å². The molecule has 0 aliphatic carbocycles. The monoisotopic (exact) mass is 402 g/mol. The lowest BCUT2D eigenvalue weighted by Crippen LogP contribution is -2.25. The fourth-order valence-electron chi connectivity index (χ4n) is 2.57. The van der Waals surface area contributed by atoms with E-state index in [1.165, 1.54) is 12.1 Å². The Hall–Kier alpha value is -2.67. The third kappa shape index (κ3) is 5.66. The van der Waals surface area contributed by atoms with Crippen molar-refractivity contribution in [2.24, 2.45) is 5.92 Å². The van der Waals surface area contributed by atoms with Crippen molar-refractivity contribution >= 4 is 27.3 Å². The Morgan fingerprint density at radius 1 is 1.00 bits per heavy atom. The Bertz CT molecular complexity index is 935. The van der Waals surface area contributed by atoms with Crippen molar-refractivity contribution < 1.29 is 18.0 Å². The summed E-state index contributed by atoms with van der Waals surface area (Å²) in [7, 11) is -3.49. The van der Waals surface area contributed by atoms with E-state index in [2.05, 4.69) is 10.6 Å². The van der Waals surface area contributed by atoms with Crippen LogP contribution in [0.2, 0.25) is 0 Å². The van der Waals surface area contributed by atoms with Gasteiger partial charge in [0.2, 0.25) is 5.91 Å². The lowest BCUT2D eigenvalue weighted by molar-refractivity contribution is -0.118. The first kappa shape index (κ1) is 21.6. The van der Waals surface area contributed by atoms with Crippen LogP contribution in [-0.2, 0) is 21.2 Å². The van der Waals surface area contributed by atoms with E-state index in [4.69, 9.17) is 0 Å². The summed E-state index contributed by atoms with van der Waals surface area (Å²) in [5, 5.41) is 5.56. The van der Waals surface area contributed by atoms with E-state index in [-0.39, 0.29) is 34.6 Å². The molecule has 28 heavy (non-hydrogen) atoms. The molecule has 6 nitrogen and oxygen atoms in total. The van der Waals surface area contributed by atoms with Crippen LogP contribution < -0.4 is 10.6 Å².